The maximum absolute atomic E-state index is 14.2. The highest BCUT2D eigenvalue weighted by Gasteiger charge is 2.33. The van der Waals surface area contributed by atoms with Gasteiger partial charge in [-0.1, -0.05) is 0 Å². The molecule has 0 aromatic heterocycles. The minimum Gasteiger partial charge on any atom is -0.447 e. The number of halogens is 1. The Balaban J connectivity index is 1.85. The van der Waals surface area contributed by atoms with E-state index >= 15 is 0 Å². The number of anilines is 2. The zero-order valence-electron chi connectivity index (χ0n) is 11.1. The Kier molecular flexibility index (Phi) is 3.38. The summed E-state index contributed by atoms with van der Waals surface area (Å²) in [7, 11) is 0. The summed E-state index contributed by atoms with van der Waals surface area (Å²) in [5.41, 5.74) is 5.94. The molecule has 1 aromatic carbocycles. The van der Waals surface area contributed by atoms with Gasteiger partial charge in [0, 0.05) is 6.54 Å². The molecule has 8 heteroatoms. The van der Waals surface area contributed by atoms with Gasteiger partial charge in [-0.2, -0.15) is 0 Å². The van der Waals surface area contributed by atoms with Crippen molar-refractivity contribution >= 4 is 23.6 Å². The van der Waals surface area contributed by atoms with E-state index < -0.39 is 24.1 Å². The minimum atomic E-state index is -0.627. The summed E-state index contributed by atoms with van der Waals surface area (Å²) in [5, 5.41) is 0. The van der Waals surface area contributed by atoms with Gasteiger partial charge in [-0.05, 0) is 18.2 Å². The van der Waals surface area contributed by atoms with Crippen molar-refractivity contribution in [2.75, 3.05) is 36.0 Å². The fourth-order valence-corrected chi connectivity index (χ4v) is 2.35. The van der Waals surface area contributed by atoms with Crippen molar-refractivity contribution in [3.05, 3.63) is 24.0 Å². The Hall–Kier alpha value is -2.35. The summed E-state index contributed by atoms with van der Waals surface area (Å²) < 4.78 is 24.0. The van der Waals surface area contributed by atoms with Crippen LogP contribution in [0.25, 0.3) is 0 Å². The summed E-state index contributed by atoms with van der Waals surface area (Å²) in [6.07, 6.45) is -1.58. The molecular weight excluding hydrogens is 281 g/mol. The van der Waals surface area contributed by atoms with Gasteiger partial charge in [0.2, 0.25) is 0 Å². The molecule has 0 bridgehead atoms. The third-order valence-electron chi connectivity index (χ3n) is 3.43. The molecule has 112 valence electrons. The number of ether oxygens (including phenoxy) is 2. The second-order valence-corrected chi connectivity index (χ2v) is 4.75. The first-order chi connectivity index (χ1) is 10.1. The number of nitrogens with zero attached hydrogens (tertiary/aromatic N) is 2. The zero-order chi connectivity index (χ0) is 15.0. The molecule has 2 aliphatic rings. The van der Waals surface area contributed by atoms with E-state index in [0.29, 0.717) is 12.2 Å². The highest BCUT2D eigenvalue weighted by molar-refractivity contribution is 5.92. The summed E-state index contributed by atoms with van der Waals surface area (Å²) in [6.45, 7) is 1.04. The average molecular weight is 295 g/mol. The lowest BCUT2D eigenvalue weighted by Gasteiger charge is -2.17. The van der Waals surface area contributed by atoms with E-state index in [1.54, 1.807) is 6.07 Å². The van der Waals surface area contributed by atoms with Crippen LogP contribution in [0.3, 0.4) is 0 Å². The molecule has 2 amide bonds. The van der Waals surface area contributed by atoms with Gasteiger partial charge in [-0.15, -0.1) is 0 Å². The van der Waals surface area contributed by atoms with Crippen LogP contribution in [-0.4, -0.2) is 44.5 Å². The van der Waals surface area contributed by atoms with Gasteiger partial charge in [0.25, 0.3) is 0 Å². The highest BCUT2D eigenvalue weighted by atomic mass is 19.1. The van der Waals surface area contributed by atoms with Gasteiger partial charge >= 0.3 is 12.2 Å². The summed E-state index contributed by atoms with van der Waals surface area (Å²) in [6, 6.07) is 4.20. The first kappa shape index (κ1) is 13.6. The number of carbonyl (C=O) groups is 2. The lowest BCUT2D eigenvalue weighted by Crippen LogP contribution is -2.28. The number of hydrogen-bond donors (Lipinski definition) is 1. The predicted octanol–water partition coefficient (Wildman–Crippen LogP) is 1.07. The highest BCUT2D eigenvalue weighted by Crippen LogP contribution is 2.29. The standard InChI is InChI=1S/C13H14FN3O4/c14-10-5-8(16-3-4-20-12(16)18)1-2-11(10)17-7-9(6-15)21-13(17)19/h1-2,5,9H,3-4,6-7,15H2. The van der Waals surface area contributed by atoms with Crippen LogP contribution in [-0.2, 0) is 9.47 Å². The molecule has 0 spiro atoms. The lowest BCUT2D eigenvalue weighted by atomic mass is 10.2. The maximum Gasteiger partial charge on any atom is 0.414 e. The molecule has 21 heavy (non-hydrogen) atoms. The van der Waals surface area contributed by atoms with Crippen LogP contribution in [0, 0.1) is 5.82 Å². The maximum atomic E-state index is 14.2. The van der Waals surface area contributed by atoms with Crippen molar-refractivity contribution in [2.24, 2.45) is 5.73 Å². The largest absolute Gasteiger partial charge is 0.447 e. The first-order valence-corrected chi connectivity index (χ1v) is 6.52. The number of cyclic esters (lactones) is 2. The SMILES string of the molecule is NCC1CN(c2ccc(N3CCOC3=O)cc2F)C(=O)O1. The number of nitrogens with two attached hydrogens (primary N) is 1. The third kappa shape index (κ3) is 2.38. The van der Waals surface area contributed by atoms with Crippen molar-refractivity contribution in [3.63, 3.8) is 0 Å². The van der Waals surface area contributed by atoms with Crippen LogP contribution >= 0.6 is 0 Å². The van der Waals surface area contributed by atoms with E-state index in [0.717, 1.165) is 0 Å². The molecule has 2 saturated heterocycles. The van der Waals surface area contributed by atoms with Gasteiger partial charge < -0.3 is 15.2 Å². The molecule has 0 aliphatic carbocycles. The summed E-state index contributed by atoms with van der Waals surface area (Å²) in [4.78, 5) is 25.7. The lowest BCUT2D eigenvalue weighted by molar-refractivity contribution is 0.145. The van der Waals surface area contributed by atoms with Gasteiger partial charge in [-0.3, -0.25) is 9.80 Å². The molecule has 2 N–H and O–H groups in total. The molecule has 0 radical (unpaired) electrons. The molecule has 2 heterocycles. The van der Waals surface area contributed by atoms with E-state index in [2.05, 4.69) is 0 Å². The van der Waals surface area contributed by atoms with Crippen LogP contribution < -0.4 is 15.5 Å². The van der Waals surface area contributed by atoms with Gasteiger partial charge in [-0.25, -0.2) is 14.0 Å². The Bertz CT molecular complexity index is 595. The van der Waals surface area contributed by atoms with Crippen LogP contribution in [0.15, 0.2) is 18.2 Å². The second-order valence-electron chi connectivity index (χ2n) is 4.75. The predicted molar refractivity (Wildman–Crippen MR) is 71.8 cm³/mol. The second kappa shape index (κ2) is 5.21. The van der Waals surface area contributed by atoms with E-state index in [4.69, 9.17) is 15.2 Å². The number of rotatable bonds is 3. The Morgan fingerprint density at radius 1 is 1.29 bits per heavy atom. The molecule has 0 saturated carbocycles. The van der Waals surface area contributed by atoms with Crippen molar-refractivity contribution in [3.8, 4) is 0 Å². The van der Waals surface area contributed by atoms with Crippen molar-refractivity contribution in [1.82, 2.24) is 0 Å². The van der Waals surface area contributed by atoms with Crippen LogP contribution in [0.4, 0.5) is 25.4 Å². The number of amides is 2. The molecule has 2 aliphatic heterocycles. The van der Waals surface area contributed by atoms with E-state index in [1.807, 2.05) is 0 Å². The monoisotopic (exact) mass is 295 g/mol. The topological polar surface area (TPSA) is 85.1 Å². The first-order valence-electron chi connectivity index (χ1n) is 6.52. The quantitative estimate of drug-likeness (QED) is 0.901. The minimum absolute atomic E-state index is 0.104. The smallest absolute Gasteiger partial charge is 0.414 e. The fourth-order valence-electron chi connectivity index (χ4n) is 2.35. The molecule has 1 atom stereocenters. The van der Waals surface area contributed by atoms with Crippen LogP contribution in [0.2, 0.25) is 0 Å². The Morgan fingerprint density at radius 2 is 2.10 bits per heavy atom. The molecule has 7 nitrogen and oxygen atoms in total. The summed E-state index contributed by atoms with van der Waals surface area (Å²) in [5.74, 6) is -0.609. The molecule has 3 rings (SSSR count). The molecular formula is C13H14FN3O4. The Morgan fingerprint density at radius 3 is 2.67 bits per heavy atom. The normalized spacial score (nSPS) is 21.7. The molecule has 1 aromatic rings. The van der Waals surface area contributed by atoms with Gasteiger partial charge in [0.05, 0.1) is 24.5 Å². The van der Waals surface area contributed by atoms with Crippen LogP contribution in [0.1, 0.15) is 0 Å². The summed E-state index contributed by atoms with van der Waals surface area (Å²) >= 11 is 0. The number of benzene rings is 1. The van der Waals surface area contributed by atoms with Gasteiger partial charge in [0.15, 0.2) is 0 Å². The Labute approximate surface area is 120 Å². The average Bonchev–Trinajstić information content (AvgIpc) is 3.05. The number of hydrogen-bond acceptors (Lipinski definition) is 5. The van der Waals surface area contributed by atoms with Crippen molar-refractivity contribution in [1.29, 1.82) is 0 Å². The molecule has 1 unspecified atom stereocenters. The van der Waals surface area contributed by atoms with Crippen LogP contribution in [0.5, 0.6) is 0 Å². The van der Waals surface area contributed by atoms with Crippen molar-refractivity contribution in [2.45, 2.75) is 6.10 Å². The van der Waals surface area contributed by atoms with E-state index in [1.165, 1.54) is 21.9 Å². The van der Waals surface area contributed by atoms with Crippen molar-refractivity contribution < 1.29 is 23.5 Å². The van der Waals surface area contributed by atoms with Gasteiger partial charge in [0.1, 0.15) is 18.5 Å². The van der Waals surface area contributed by atoms with E-state index in [-0.39, 0.29) is 25.4 Å². The van der Waals surface area contributed by atoms with E-state index in [9.17, 15) is 14.0 Å². The zero-order valence-corrected chi connectivity index (χ0v) is 11.1. The molecule has 2 fully saturated rings. The third-order valence-corrected chi connectivity index (χ3v) is 3.43. The number of carbonyl (C=O) groups excluding carboxylic acids is 2. The fraction of sp³-hybridized carbons (Fsp3) is 0.385.